The molecule has 0 atom stereocenters. The summed E-state index contributed by atoms with van der Waals surface area (Å²) in [6.45, 7) is 7.99. The van der Waals surface area contributed by atoms with Gasteiger partial charge in [-0.2, -0.15) is 0 Å². The van der Waals surface area contributed by atoms with Crippen molar-refractivity contribution in [3.63, 3.8) is 0 Å². The molecule has 0 aliphatic carbocycles. The van der Waals surface area contributed by atoms with E-state index < -0.39 is 12.3 Å². The Bertz CT molecular complexity index is 201. The summed E-state index contributed by atoms with van der Waals surface area (Å²) in [5.41, 5.74) is 0. The fourth-order valence-electron chi connectivity index (χ4n) is 1.21. The third-order valence-corrected chi connectivity index (χ3v) is 2.35. The normalized spacial score (nSPS) is 9.67. The predicted molar refractivity (Wildman–Crippen MR) is 67.0 cm³/mol. The van der Waals surface area contributed by atoms with Crippen LogP contribution in [0, 0.1) is 0 Å². The minimum Gasteiger partial charge on any atom is -0.450 e. The van der Waals surface area contributed by atoms with Crippen LogP contribution in [0.4, 0.5) is 9.59 Å². The van der Waals surface area contributed by atoms with Crippen LogP contribution in [0.1, 0.15) is 53.4 Å². The molecule has 0 aromatic carbocycles. The number of hydrogen-bond donors (Lipinski definition) is 2. The molecule has 6 heteroatoms. The van der Waals surface area contributed by atoms with Gasteiger partial charge in [-0.15, -0.1) is 0 Å². The molecule has 0 heterocycles. The van der Waals surface area contributed by atoms with E-state index in [1.54, 1.807) is 0 Å². The van der Waals surface area contributed by atoms with Crippen LogP contribution in [0.15, 0.2) is 0 Å². The summed E-state index contributed by atoms with van der Waals surface area (Å²) in [7, 11) is 0. The molecule has 108 valence electrons. The highest BCUT2D eigenvalue weighted by atomic mass is 16.7. The standard InChI is InChI=1S/C11H22O3.CH2O3/c1-5-9(6-2)13-11(12)14-10(7-3)8-4;2-1(3)4/h9-10H,5-8H2,1-4H3;(H2,2,3,4). The third-order valence-electron chi connectivity index (χ3n) is 2.35. The lowest BCUT2D eigenvalue weighted by molar-refractivity contribution is -0.00524. The van der Waals surface area contributed by atoms with Gasteiger partial charge in [0, 0.05) is 0 Å². The zero-order chi connectivity index (χ0) is 14.6. The van der Waals surface area contributed by atoms with Gasteiger partial charge in [-0.3, -0.25) is 0 Å². The van der Waals surface area contributed by atoms with E-state index in [4.69, 9.17) is 24.5 Å². The SMILES string of the molecule is CCC(CC)OC(=O)OC(CC)CC.O=C(O)O. The molecule has 6 nitrogen and oxygen atoms in total. The highest BCUT2D eigenvalue weighted by Crippen LogP contribution is 2.08. The molecule has 0 rings (SSSR count). The Balaban J connectivity index is 0. The zero-order valence-corrected chi connectivity index (χ0v) is 11.5. The number of hydrogen-bond acceptors (Lipinski definition) is 4. The smallest absolute Gasteiger partial charge is 0.450 e. The van der Waals surface area contributed by atoms with E-state index in [9.17, 15) is 4.79 Å². The molecule has 0 spiro atoms. The summed E-state index contributed by atoms with van der Waals surface area (Å²) in [6, 6.07) is 0. The molecule has 0 bridgehead atoms. The second-order valence-electron chi connectivity index (χ2n) is 3.65. The highest BCUT2D eigenvalue weighted by molar-refractivity contribution is 5.60. The summed E-state index contributed by atoms with van der Waals surface area (Å²) < 4.78 is 10.2. The first kappa shape index (κ1) is 18.9. The number of carbonyl (C=O) groups excluding carboxylic acids is 1. The lowest BCUT2D eigenvalue weighted by Gasteiger charge is -2.17. The summed E-state index contributed by atoms with van der Waals surface area (Å²) in [4.78, 5) is 19.8. The van der Waals surface area contributed by atoms with Crippen LogP contribution in [0.5, 0.6) is 0 Å². The summed E-state index contributed by atoms with van der Waals surface area (Å²) in [5, 5.41) is 13.9. The molecule has 0 radical (unpaired) electrons. The van der Waals surface area contributed by atoms with Gasteiger partial charge < -0.3 is 19.7 Å². The second-order valence-corrected chi connectivity index (χ2v) is 3.65. The van der Waals surface area contributed by atoms with E-state index in [-0.39, 0.29) is 12.2 Å². The predicted octanol–water partition coefficient (Wildman–Crippen LogP) is 3.74. The minimum absolute atomic E-state index is 0.00291. The lowest BCUT2D eigenvalue weighted by Crippen LogP contribution is -2.22. The van der Waals surface area contributed by atoms with Gasteiger partial charge in [0.25, 0.3) is 0 Å². The van der Waals surface area contributed by atoms with Gasteiger partial charge in [-0.1, -0.05) is 27.7 Å². The van der Waals surface area contributed by atoms with Crippen LogP contribution in [0.2, 0.25) is 0 Å². The monoisotopic (exact) mass is 264 g/mol. The van der Waals surface area contributed by atoms with Crippen molar-refractivity contribution < 1.29 is 29.3 Å². The average Bonchev–Trinajstić information content (AvgIpc) is 2.32. The van der Waals surface area contributed by atoms with Crippen molar-refractivity contribution in [3.8, 4) is 0 Å². The van der Waals surface area contributed by atoms with Crippen LogP contribution in [-0.4, -0.2) is 34.7 Å². The van der Waals surface area contributed by atoms with Crippen molar-refractivity contribution in [2.75, 3.05) is 0 Å². The Morgan fingerprint density at radius 2 is 1.06 bits per heavy atom. The van der Waals surface area contributed by atoms with E-state index in [0.29, 0.717) is 0 Å². The van der Waals surface area contributed by atoms with E-state index >= 15 is 0 Å². The Labute approximate surface area is 108 Å². The molecule has 18 heavy (non-hydrogen) atoms. The first-order valence-electron chi connectivity index (χ1n) is 6.20. The Morgan fingerprint density at radius 1 is 0.833 bits per heavy atom. The highest BCUT2D eigenvalue weighted by Gasteiger charge is 2.15. The van der Waals surface area contributed by atoms with Crippen LogP contribution in [-0.2, 0) is 9.47 Å². The van der Waals surface area contributed by atoms with Crippen LogP contribution >= 0.6 is 0 Å². The van der Waals surface area contributed by atoms with Gasteiger partial charge in [0.1, 0.15) is 12.2 Å². The summed E-state index contributed by atoms with van der Waals surface area (Å²) in [6.07, 6.45) is 1.01. The van der Waals surface area contributed by atoms with Crippen molar-refractivity contribution in [3.05, 3.63) is 0 Å². The molecule has 0 saturated heterocycles. The largest absolute Gasteiger partial charge is 0.508 e. The maximum atomic E-state index is 11.3. The summed E-state index contributed by atoms with van der Waals surface area (Å²) >= 11 is 0. The van der Waals surface area contributed by atoms with Crippen molar-refractivity contribution in [1.82, 2.24) is 0 Å². The van der Waals surface area contributed by atoms with Crippen molar-refractivity contribution in [2.24, 2.45) is 0 Å². The maximum absolute atomic E-state index is 11.3. The molecule has 0 amide bonds. The van der Waals surface area contributed by atoms with Crippen LogP contribution in [0.3, 0.4) is 0 Å². The lowest BCUT2D eigenvalue weighted by atomic mass is 10.2. The number of rotatable bonds is 6. The molecule has 2 N–H and O–H groups in total. The molecular formula is C12H24O6. The van der Waals surface area contributed by atoms with E-state index in [2.05, 4.69) is 0 Å². The number of ether oxygens (including phenoxy) is 2. The Kier molecular flexibility index (Phi) is 12.6. The molecule has 0 aliphatic rings. The first-order chi connectivity index (χ1) is 8.40. The fourth-order valence-corrected chi connectivity index (χ4v) is 1.21. The van der Waals surface area contributed by atoms with Crippen LogP contribution in [0.25, 0.3) is 0 Å². The number of carbonyl (C=O) groups is 2. The molecule has 0 aliphatic heterocycles. The van der Waals surface area contributed by atoms with Crippen molar-refractivity contribution in [2.45, 2.75) is 65.6 Å². The van der Waals surface area contributed by atoms with Crippen molar-refractivity contribution in [1.29, 1.82) is 0 Å². The quantitative estimate of drug-likeness (QED) is 0.710. The maximum Gasteiger partial charge on any atom is 0.508 e. The topological polar surface area (TPSA) is 93.1 Å². The van der Waals surface area contributed by atoms with E-state index in [1.807, 2.05) is 27.7 Å². The van der Waals surface area contributed by atoms with Gasteiger partial charge in [0.2, 0.25) is 0 Å². The van der Waals surface area contributed by atoms with E-state index in [0.717, 1.165) is 25.7 Å². The molecular weight excluding hydrogens is 240 g/mol. The molecule has 0 unspecified atom stereocenters. The molecule has 0 aromatic heterocycles. The summed E-state index contributed by atoms with van der Waals surface area (Å²) in [5.74, 6) is 0. The van der Waals surface area contributed by atoms with Gasteiger partial charge in [-0.05, 0) is 25.7 Å². The molecule has 0 aromatic rings. The first-order valence-corrected chi connectivity index (χ1v) is 6.20. The number of carboxylic acid groups (broad SMARTS) is 2. The second kappa shape index (κ2) is 12.0. The Hall–Kier alpha value is -1.46. The molecule has 0 saturated carbocycles. The van der Waals surface area contributed by atoms with Crippen LogP contribution < -0.4 is 0 Å². The third kappa shape index (κ3) is 12.6. The fraction of sp³-hybridized carbons (Fsp3) is 0.833. The Morgan fingerprint density at radius 3 is 1.22 bits per heavy atom. The molecule has 0 fully saturated rings. The van der Waals surface area contributed by atoms with Crippen molar-refractivity contribution >= 4 is 12.3 Å². The zero-order valence-electron chi connectivity index (χ0n) is 11.5. The van der Waals surface area contributed by atoms with Gasteiger partial charge in [0.15, 0.2) is 0 Å². The minimum atomic E-state index is -1.83. The average molecular weight is 264 g/mol. The van der Waals surface area contributed by atoms with Gasteiger partial charge >= 0.3 is 12.3 Å². The van der Waals surface area contributed by atoms with E-state index in [1.165, 1.54) is 0 Å². The van der Waals surface area contributed by atoms with Gasteiger partial charge in [-0.25, -0.2) is 9.59 Å². The van der Waals surface area contributed by atoms with Gasteiger partial charge in [0.05, 0.1) is 0 Å².